The quantitative estimate of drug-likeness (QED) is 0.785. The van der Waals surface area contributed by atoms with Crippen molar-refractivity contribution in [2.75, 3.05) is 43.9 Å². The third-order valence-electron chi connectivity index (χ3n) is 4.46. The fourth-order valence-corrected chi connectivity index (χ4v) is 3.68. The van der Waals surface area contributed by atoms with Crippen LogP contribution < -0.4 is 14.5 Å². The number of furan rings is 1. The summed E-state index contributed by atoms with van der Waals surface area (Å²) in [5.41, 5.74) is 1.24. The molecule has 0 amide bonds. The molecule has 2 heterocycles. The molecule has 1 aromatic heterocycles. The number of para-hydroxylation sites is 1. The molecule has 1 aliphatic heterocycles. The molecule has 1 aliphatic rings. The molecule has 24 heavy (non-hydrogen) atoms. The second kappa shape index (κ2) is 7.38. The number of anilines is 1. The van der Waals surface area contributed by atoms with E-state index in [1.807, 2.05) is 18.2 Å². The average Bonchev–Trinajstić information content (AvgIpc) is 3.10. The van der Waals surface area contributed by atoms with Crippen LogP contribution in [0.4, 0.5) is 5.69 Å². The predicted molar refractivity (Wildman–Crippen MR) is 93.6 cm³/mol. The maximum atomic E-state index is 11.5. The van der Waals surface area contributed by atoms with Crippen LogP contribution in [0.1, 0.15) is 11.8 Å². The van der Waals surface area contributed by atoms with Crippen molar-refractivity contribution in [2.24, 2.45) is 0 Å². The molecule has 0 radical (unpaired) electrons. The number of nitrogens with zero attached hydrogens (tertiary/aromatic N) is 1. The van der Waals surface area contributed by atoms with Gasteiger partial charge in [0, 0.05) is 5.69 Å². The van der Waals surface area contributed by atoms with E-state index in [0.717, 1.165) is 31.9 Å². The Hall–Kier alpha value is -1.83. The molecule has 0 bridgehead atoms. The molecule has 0 aliphatic carbocycles. The van der Waals surface area contributed by atoms with Crippen LogP contribution in [-0.2, 0) is 10.0 Å². The van der Waals surface area contributed by atoms with E-state index in [-0.39, 0.29) is 6.04 Å². The van der Waals surface area contributed by atoms with E-state index < -0.39 is 10.0 Å². The smallest absolute Gasteiger partial charge is 0.208 e. The average molecular weight is 350 g/mol. The molecule has 0 unspecified atom stereocenters. The zero-order chi connectivity index (χ0) is 17.0. The van der Waals surface area contributed by atoms with Gasteiger partial charge in [-0.2, -0.15) is 0 Å². The number of piperazine rings is 1. The van der Waals surface area contributed by atoms with Gasteiger partial charge in [0.25, 0.3) is 0 Å². The molecule has 0 spiro atoms. The van der Waals surface area contributed by atoms with E-state index in [0.29, 0.717) is 6.54 Å². The molecule has 2 aromatic rings. The highest BCUT2D eigenvalue weighted by atomic mass is 32.2. The van der Waals surface area contributed by atoms with Crippen molar-refractivity contribution in [3.05, 3.63) is 54.5 Å². The molecule has 1 aromatic carbocycles. The van der Waals surface area contributed by atoms with Gasteiger partial charge in [-0.1, -0.05) is 18.2 Å². The van der Waals surface area contributed by atoms with Crippen molar-refractivity contribution in [2.45, 2.75) is 6.04 Å². The second-order valence-corrected chi connectivity index (χ2v) is 8.00. The maximum absolute atomic E-state index is 11.5. The summed E-state index contributed by atoms with van der Waals surface area (Å²) in [4.78, 5) is 3.71. The number of nitrogens with one attached hydrogen (secondary N) is 2. The second-order valence-electron chi connectivity index (χ2n) is 6.17. The minimum absolute atomic E-state index is 0.00681. The lowest BCUT2D eigenvalue weighted by molar-refractivity contribution is -0.931. The van der Waals surface area contributed by atoms with E-state index in [2.05, 4.69) is 33.9 Å². The molecule has 2 N–H and O–H groups in total. The molecular formula is C17H24N3O3S+. The topological polar surface area (TPSA) is 67.0 Å². The van der Waals surface area contributed by atoms with E-state index in [9.17, 15) is 8.42 Å². The van der Waals surface area contributed by atoms with Crippen molar-refractivity contribution < 1.29 is 17.7 Å². The summed E-state index contributed by atoms with van der Waals surface area (Å²) >= 11 is 0. The number of benzene rings is 1. The first-order valence-corrected chi connectivity index (χ1v) is 10.0. The third kappa shape index (κ3) is 4.37. The van der Waals surface area contributed by atoms with E-state index >= 15 is 0 Å². The van der Waals surface area contributed by atoms with Crippen molar-refractivity contribution in [1.82, 2.24) is 4.72 Å². The summed E-state index contributed by atoms with van der Waals surface area (Å²) in [5, 5.41) is 0. The largest absolute Gasteiger partial charge is 0.463 e. The number of quaternary nitrogens is 1. The molecule has 3 rings (SSSR count). The molecule has 7 heteroatoms. The first kappa shape index (κ1) is 17.0. The Bertz CT molecular complexity index is 724. The van der Waals surface area contributed by atoms with Gasteiger partial charge < -0.3 is 14.2 Å². The van der Waals surface area contributed by atoms with E-state index in [1.165, 1.54) is 16.8 Å². The van der Waals surface area contributed by atoms with Gasteiger partial charge in [-0.3, -0.25) is 0 Å². The number of sulfonamides is 1. The molecule has 130 valence electrons. The molecule has 0 saturated carbocycles. The van der Waals surface area contributed by atoms with Crippen LogP contribution in [0.25, 0.3) is 0 Å². The highest BCUT2D eigenvalue weighted by Crippen LogP contribution is 2.14. The summed E-state index contributed by atoms with van der Waals surface area (Å²) in [6.07, 6.45) is 2.83. The SMILES string of the molecule is CS(=O)(=O)NC[C@H](c1ccco1)[NH+]1CCN(c2ccccc2)CC1. The lowest BCUT2D eigenvalue weighted by Gasteiger charge is -2.37. The Morgan fingerprint density at radius 3 is 2.46 bits per heavy atom. The van der Waals surface area contributed by atoms with Crippen LogP contribution in [-0.4, -0.2) is 47.4 Å². The summed E-state index contributed by atoms with van der Waals surface area (Å²) in [5.74, 6) is 0.828. The summed E-state index contributed by atoms with van der Waals surface area (Å²) in [6, 6.07) is 14.1. The van der Waals surface area contributed by atoms with Crippen LogP contribution in [0, 0.1) is 0 Å². The van der Waals surface area contributed by atoms with E-state index in [1.54, 1.807) is 6.26 Å². The van der Waals surface area contributed by atoms with Crippen molar-refractivity contribution in [3.63, 3.8) is 0 Å². The normalized spacial score (nSPS) is 17.8. The highest BCUT2D eigenvalue weighted by Gasteiger charge is 2.31. The first-order valence-electron chi connectivity index (χ1n) is 8.15. The molecular weight excluding hydrogens is 326 g/mol. The zero-order valence-corrected chi connectivity index (χ0v) is 14.6. The minimum atomic E-state index is -3.22. The first-order chi connectivity index (χ1) is 11.5. The minimum Gasteiger partial charge on any atom is -0.463 e. The summed E-state index contributed by atoms with van der Waals surface area (Å²) < 4.78 is 31.1. The Labute approximate surface area is 143 Å². The van der Waals surface area contributed by atoms with Crippen molar-refractivity contribution in [3.8, 4) is 0 Å². The van der Waals surface area contributed by atoms with Gasteiger partial charge in [0.1, 0.15) is 0 Å². The van der Waals surface area contributed by atoms with Gasteiger partial charge in [0.05, 0.1) is 45.2 Å². The molecule has 1 fully saturated rings. The van der Waals surface area contributed by atoms with Crippen molar-refractivity contribution >= 4 is 15.7 Å². The van der Waals surface area contributed by atoms with E-state index in [4.69, 9.17) is 4.42 Å². The Kier molecular flexibility index (Phi) is 5.23. The third-order valence-corrected chi connectivity index (χ3v) is 5.15. The Morgan fingerprint density at radius 2 is 1.88 bits per heavy atom. The van der Waals surface area contributed by atoms with Gasteiger partial charge in [-0.05, 0) is 24.3 Å². The number of hydrogen-bond acceptors (Lipinski definition) is 4. The summed E-state index contributed by atoms with van der Waals surface area (Å²) in [6.45, 7) is 4.11. The standard InChI is InChI=1S/C17H23N3O3S/c1-24(21,22)18-14-16(17-8-5-13-23-17)20-11-9-19(10-12-20)15-6-3-2-4-7-15/h2-8,13,16,18H,9-12,14H2,1H3/p+1/t16-/m1/s1. The van der Waals surface area contributed by atoms with Crippen LogP contribution in [0.15, 0.2) is 53.1 Å². The zero-order valence-electron chi connectivity index (χ0n) is 13.8. The Morgan fingerprint density at radius 1 is 1.17 bits per heavy atom. The monoisotopic (exact) mass is 350 g/mol. The van der Waals surface area contributed by atoms with Crippen LogP contribution in [0.2, 0.25) is 0 Å². The highest BCUT2D eigenvalue weighted by molar-refractivity contribution is 7.88. The van der Waals surface area contributed by atoms with Crippen LogP contribution in [0.5, 0.6) is 0 Å². The predicted octanol–water partition coefficient (Wildman–Crippen LogP) is 0.275. The Balaban J connectivity index is 1.66. The number of rotatable bonds is 6. The molecule has 1 atom stereocenters. The number of hydrogen-bond donors (Lipinski definition) is 2. The summed E-state index contributed by atoms with van der Waals surface area (Å²) in [7, 11) is -3.22. The van der Waals surface area contributed by atoms with Gasteiger partial charge in [0.2, 0.25) is 10.0 Å². The maximum Gasteiger partial charge on any atom is 0.208 e. The lowest BCUT2D eigenvalue weighted by atomic mass is 10.1. The van der Waals surface area contributed by atoms with Gasteiger partial charge >= 0.3 is 0 Å². The molecule has 1 saturated heterocycles. The van der Waals surface area contributed by atoms with Crippen LogP contribution in [0.3, 0.4) is 0 Å². The van der Waals surface area contributed by atoms with Gasteiger partial charge in [-0.15, -0.1) is 0 Å². The van der Waals surface area contributed by atoms with Crippen LogP contribution >= 0.6 is 0 Å². The van der Waals surface area contributed by atoms with Gasteiger partial charge in [-0.25, -0.2) is 13.1 Å². The fourth-order valence-electron chi connectivity index (χ4n) is 3.21. The van der Waals surface area contributed by atoms with Gasteiger partial charge in [0.15, 0.2) is 11.8 Å². The molecule has 6 nitrogen and oxygen atoms in total. The lowest BCUT2D eigenvalue weighted by Crippen LogP contribution is -3.15. The van der Waals surface area contributed by atoms with Crippen molar-refractivity contribution in [1.29, 1.82) is 0 Å². The fraction of sp³-hybridized carbons (Fsp3) is 0.412.